The number of hydrogen-bond acceptors (Lipinski definition) is 9. The third-order valence-electron chi connectivity index (χ3n) is 3.20. The standard InChI is InChI=1S/C11H19N3O7/c15-4-6-3-14(13-12-6)1-2-20-11-10(19)9(18)8(17)7(5-16)21-11/h3,7-11,15-19H,1-2,4-5H2. The Morgan fingerprint density at radius 3 is 2.57 bits per heavy atom. The highest BCUT2D eigenvalue weighted by molar-refractivity contribution is 4.90. The van der Waals surface area contributed by atoms with Crippen LogP contribution in [-0.4, -0.2) is 84.4 Å². The van der Waals surface area contributed by atoms with E-state index in [1.54, 1.807) is 0 Å². The normalized spacial score (nSPS) is 33.3. The molecule has 1 saturated heterocycles. The molecule has 0 aliphatic carbocycles. The highest BCUT2D eigenvalue weighted by Crippen LogP contribution is 2.21. The summed E-state index contributed by atoms with van der Waals surface area (Å²) in [6, 6.07) is 0. The first kappa shape index (κ1) is 16.2. The maximum Gasteiger partial charge on any atom is 0.186 e. The minimum atomic E-state index is -1.46. The summed E-state index contributed by atoms with van der Waals surface area (Å²) in [5, 5.41) is 54.3. The third kappa shape index (κ3) is 3.74. The fourth-order valence-corrected chi connectivity index (χ4v) is 1.99. The van der Waals surface area contributed by atoms with E-state index in [1.807, 2.05) is 0 Å². The van der Waals surface area contributed by atoms with Gasteiger partial charge in [-0.05, 0) is 0 Å². The lowest BCUT2D eigenvalue weighted by molar-refractivity contribution is -0.301. The van der Waals surface area contributed by atoms with Gasteiger partial charge in [-0.15, -0.1) is 5.10 Å². The van der Waals surface area contributed by atoms with Crippen molar-refractivity contribution in [3.63, 3.8) is 0 Å². The summed E-state index contributed by atoms with van der Waals surface area (Å²) >= 11 is 0. The van der Waals surface area contributed by atoms with Gasteiger partial charge in [0.2, 0.25) is 0 Å². The van der Waals surface area contributed by atoms with Crippen LogP contribution in [0.4, 0.5) is 0 Å². The monoisotopic (exact) mass is 305 g/mol. The average molecular weight is 305 g/mol. The van der Waals surface area contributed by atoms with Gasteiger partial charge in [0.25, 0.3) is 0 Å². The largest absolute Gasteiger partial charge is 0.394 e. The van der Waals surface area contributed by atoms with Gasteiger partial charge < -0.3 is 35.0 Å². The number of ether oxygens (including phenoxy) is 2. The van der Waals surface area contributed by atoms with Crippen LogP contribution in [0, 0.1) is 0 Å². The molecule has 1 aromatic heterocycles. The number of aliphatic hydroxyl groups is 5. The van der Waals surface area contributed by atoms with Crippen LogP contribution in [0.3, 0.4) is 0 Å². The van der Waals surface area contributed by atoms with E-state index in [0.29, 0.717) is 12.2 Å². The average Bonchev–Trinajstić information content (AvgIpc) is 2.95. The minimum Gasteiger partial charge on any atom is -0.394 e. The Hall–Kier alpha value is -1.14. The van der Waals surface area contributed by atoms with Gasteiger partial charge >= 0.3 is 0 Å². The molecular formula is C11H19N3O7. The fourth-order valence-electron chi connectivity index (χ4n) is 1.99. The van der Waals surface area contributed by atoms with Gasteiger partial charge in [-0.3, -0.25) is 0 Å². The molecule has 120 valence electrons. The molecule has 10 heteroatoms. The smallest absolute Gasteiger partial charge is 0.186 e. The molecule has 21 heavy (non-hydrogen) atoms. The lowest BCUT2D eigenvalue weighted by Gasteiger charge is -2.39. The summed E-state index contributed by atoms with van der Waals surface area (Å²) in [7, 11) is 0. The van der Waals surface area contributed by atoms with E-state index in [2.05, 4.69) is 10.3 Å². The molecule has 10 nitrogen and oxygen atoms in total. The van der Waals surface area contributed by atoms with E-state index in [0.717, 1.165) is 0 Å². The topological polar surface area (TPSA) is 150 Å². The number of aromatic nitrogens is 3. The molecule has 0 radical (unpaired) electrons. The van der Waals surface area contributed by atoms with Crippen molar-refractivity contribution >= 4 is 0 Å². The Labute approximate surface area is 120 Å². The molecule has 0 amide bonds. The quantitative estimate of drug-likeness (QED) is 0.362. The molecule has 0 bridgehead atoms. The molecule has 2 rings (SSSR count). The van der Waals surface area contributed by atoms with Crippen LogP contribution in [0.5, 0.6) is 0 Å². The molecule has 0 spiro atoms. The minimum absolute atomic E-state index is 0.0942. The van der Waals surface area contributed by atoms with Gasteiger partial charge in [0.15, 0.2) is 6.29 Å². The summed E-state index contributed by atoms with van der Waals surface area (Å²) < 4.78 is 11.9. The summed E-state index contributed by atoms with van der Waals surface area (Å²) in [5.41, 5.74) is 0.419. The first-order valence-electron chi connectivity index (χ1n) is 6.48. The SMILES string of the molecule is OCc1cn(CCOC2OC(CO)C(O)C(O)C2O)nn1. The fraction of sp³-hybridized carbons (Fsp3) is 0.818. The van der Waals surface area contributed by atoms with Crippen molar-refractivity contribution in [2.75, 3.05) is 13.2 Å². The third-order valence-corrected chi connectivity index (χ3v) is 3.20. The molecule has 1 aliphatic heterocycles. The Kier molecular flexibility index (Phi) is 5.58. The van der Waals surface area contributed by atoms with Crippen molar-refractivity contribution in [3.05, 3.63) is 11.9 Å². The summed E-state index contributed by atoms with van der Waals surface area (Å²) in [5.74, 6) is 0. The molecule has 5 atom stereocenters. The van der Waals surface area contributed by atoms with Crippen LogP contribution in [-0.2, 0) is 22.6 Å². The van der Waals surface area contributed by atoms with E-state index < -0.39 is 37.3 Å². The van der Waals surface area contributed by atoms with Crippen molar-refractivity contribution in [3.8, 4) is 0 Å². The molecule has 5 N–H and O–H groups in total. The molecule has 2 heterocycles. The Morgan fingerprint density at radius 2 is 1.95 bits per heavy atom. The van der Waals surface area contributed by atoms with Crippen LogP contribution in [0.15, 0.2) is 6.20 Å². The van der Waals surface area contributed by atoms with Crippen LogP contribution in [0.2, 0.25) is 0 Å². The molecule has 1 fully saturated rings. The van der Waals surface area contributed by atoms with Crippen LogP contribution >= 0.6 is 0 Å². The molecule has 5 unspecified atom stereocenters. The predicted octanol–water partition coefficient (Wildman–Crippen LogP) is -3.41. The lowest BCUT2D eigenvalue weighted by Crippen LogP contribution is -2.59. The van der Waals surface area contributed by atoms with E-state index in [4.69, 9.17) is 19.7 Å². The Morgan fingerprint density at radius 1 is 1.19 bits per heavy atom. The van der Waals surface area contributed by atoms with E-state index >= 15 is 0 Å². The molecular weight excluding hydrogens is 286 g/mol. The van der Waals surface area contributed by atoms with E-state index in [9.17, 15) is 15.3 Å². The van der Waals surface area contributed by atoms with Crippen LogP contribution in [0.1, 0.15) is 5.69 Å². The highest BCUT2D eigenvalue weighted by atomic mass is 16.7. The molecule has 0 aromatic carbocycles. The number of aliphatic hydroxyl groups excluding tert-OH is 5. The highest BCUT2D eigenvalue weighted by Gasteiger charge is 2.43. The first-order valence-corrected chi connectivity index (χ1v) is 6.48. The lowest BCUT2D eigenvalue weighted by atomic mass is 9.99. The van der Waals surface area contributed by atoms with Gasteiger partial charge in [-0.1, -0.05) is 5.21 Å². The van der Waals surface area contributed by atoms with E-state index in [1.165, 1.54) is 10.9 Å². The summed E-state index contributed by atoms with van der Waals surface area (Å²) in [6.07, 6.45) is -4.93. The van der Waals surface area contributed by atoms with Crippen molar-refractivity contribution < 1.29 is 35.0 Å². The zero-order valence-corrected chi connectivity index (χ0v) is 11.2. The summed E-state index contributed by atoms with van der Waals surface area (Å²) in [4.78, 5) is 0. The maximum absolute atomic E-state index is 9.75. The number of nitrogens with zero attached hydrogens (tertiary/aromatic N) is 3. The van der Waals surface area contributed by atoms with Crippen LogP contribution < -0.4 is 0 Å². The second-order valence-electron chi connectivity index (χ2n) is 4.70. The van der Waals surface area contributed by atoms with Gasteiger partial charge in [-0.25, -0.2) is 4.68 Å². The molecule has 1 aromatic rings. The summed E-state index contributed by atoms with van der Waals surface area (Å²) in [6.45, 7) is -0.333. The van der Waals surface area contributed by atoms with Gasteiger partial charge in [-0.2, -0.15) is 0 Å². The van der Waals surface area contributed by atoms with Crippen molar-refractivity contribution in [1.29, 1.82) is 0 Å². The molecule has 0 saturated carbocycles. The zero-order chi connectivity index (χ0) is 15.4. The first-order chi connectivity index (χ1) is 10.1. The Balaban J connectivity index is 1.84. The zero-order valence-electron chi connectivity index (χ0n) is 11.2. The second-order valence-corrected chi connectivity index (χ2v) is 4.70. The van der Waals surface area contributed by atoms with Crippen molar-refractivity contribution in [2.45, 2.75) is 43.9 Å². The van der Waals surface area contributed by atoms with Crippen LogP contribution in [0.25, 0.3) is 0 Å². The molecule has 1 aliphatic rings. The van der Waals surface area contributed by atoms with Crippen molar-refractivity contribution in [2.24, 2.45) is 0 Å². The van der Waals surface area contributed by atoms with E-state index in [-0.39, 0.29) is 13.2 Å². The van der Waals surface area contributed by atoms with Gasteiger partial charge in [0, 0.05) is 0 Å². The van der Waals surface area contributed by atoms with Crippen molar-refractivity contribution in [1.82, 2.24) is 15.0 Å². The number of rotatable bonds is 6. The van der Waals surface area contributed by atoms with Gasteiger partial charge in [0.1, 0.15) is 30.1 Å². The second kappa shape index (κ2) is 7.22. The Bertz CT molecular complexity index is 441. The predicted molar refractivity (Wildman–Crippen MR) is 65.7 cm³/mol. The maximum atomic E-state index is 9.75. The number of hydrogen-bond donors (Lipinski definition) is 5. The van der Waals surface area contributed by atoms with Gasteiger partial charge in [0.05, 0.1) is 32.6 Å².